The number of hydrogen-bond acceptors (Lipinski definition) is 3. The average molecular weight is 219 g/mol. The summed E-state index contributed by atoms with van der Waals surface area (Å²) in [5.41, 5.74) is 6.90. The van der Waals surface area contributed by atoms with Gasteiger partial charge in [0.05, 0.1) is 5.69 Å². The maximum absolute atomic E-state index is 5.78. The molecule has 1 aliphatic rings. The minimum Gasteiger partial charge on any atom is -0.330 e. The first-order valence-electron chi connectivity index (χ1n) is 6.18. The zero-order valence-electron chi connectivity index (χ0n) is 9.89. The second kappa shape index (κ2) is 5.41. The van der Waals surface area contributed by atoms with Crippen LogP contribution in [0.3, 0.4) is 0 Å². The Hall–Kier alpha value is -0.930. The topological polar surface area (TPSA) is 50.9 Å². The largest absolute Gasteiger partial charge is 0.330 e. The maximum atomic E-state index is 5.78. The van der Waals surface area contributed by atoms with E-state index < -0.39 is 0 Å². The van der Waals surface area contributed by atoms with Gasteiger partial charge in [-0.25, -0.2) is 0 Å². The van der Waals surface area contributed by atoms with E-state index >= 15 is 0 Å². The number of nitrogens with two attached hydrogens (primary N) is 1. The molecule has 1 saturated carbocycles. The van der Waals surface area contributed by atoms with Crippen LogP contribution in [0.2, 0.25) is 0 Å². The average Bonchev–Trinajstić information content (AvgIpc) is 2.77. The molecule has 0 radical (unpaired) electrons. The first-order valence-corrected chi connectivity index (χ1v) is 6.18. The van der Waals surface area contributed by atoms with Crippen molar-refractivity contribution >= 4 is 0 Å². The normalized spacial score (nSPS) is 26.9. The summed E-state index contributed by atoms with van der Waals surface area (Å²) in [7, 11) is 0. The summed E-state index contributed by atoms with van der Waals surface area (Å²) in [6.07, 6.45) is 5.67. The minimum absolute atomic E-state index is 0.318. The van der Waals surface area contributed by atoms with Gasteiger partial charge in [0.2, 0.25) is 0 Å². The van der Waals surface area contributed by atoms with Crippen LogP contribution in [0.25, 0.3) is 0 Å². The van der Waals surface area contributed by atoms with E-state index in [1.165, 1.54) is 19.3 Å². The van der Waals surface area contributed by atoms with Crippen molar-refractivity contribution in [2.45, 2.75) is 38.3 Å². The Kier molecular flexibility index (Phi) is 3.91. The molecule has 1 aromatic heterocycles. The van der Waals surface area contributed by atoms with Crippen LogP contribution in [-0.2, 0) is 0 Å². The zero-order chi connectivity index (χ0) is 11.4. The number of hydrogen-bond donors (Lipinski definition) is 2. The molecule has 3 atom stereocenters. The molecule has 3 nitrogen and oxygen atoms in total. The monoisotopic (exact) mass is 219 g/mol. The van der Waals surface area contributed by atoms with E-state index in [0.717, 1.165) is 12.2 Å². The third-order valence-electron chi connectivity index (χ3n) is 3.56. The van der Waals surface area contributed by atoms with Gasteiger partial charge in [-0.05, 0) is 44.4 Å². The molecule has 16 heavy (non-hydrogen) atoms. The first kappa shape index (κ1) is 11.6. The highest BCUT2D eigenvalue weighted by Crippen LogP contribution is 2.26. The van der Waals surface area contributed by atoms with Gasteiger partial charge in [-0.2, -0.15) is 0 Å². The van der Waals surface area contributed by atoms with Crippen molar-refractivity contribution in [2.75, 3.05) is 6.54 Å². The molecule has 0 amide bonds. The highest BCUT2D eigenvalue weighted by molar-refractivity contribution is 5.08. The standard InChI is InChI=1S/C13H21N3/c1-10(12-6-2-3-8-15-12)16-13-7-4-5-11(13)9-14/h2-3,6,8,10-11,13,16H,4-5,7,9,14H2,1H3/t10-,11?,13?/m0/s1. The van der Waals surface area contributed by atoms with Crippen molar-refractivity contribution in [1.82, 2.24) is 10.3 Å². The van der Waals surface area contributed by atoms with Crippen molar-refractivity contribution in [3.63, 3.8) is 0 Å². The Morgan fingerprint density at radius 2 is 2.38 bits per heavy atom. The number of nitrogens with one attached hydrogen (secondary N) is 1. The lowest BCUT2D eigenvalue weighted by molar-refractivity contribution is 0.370. The highest BCUT2D eigenvalue weighted by Gasteiger charge is 2.27. The van der Waals surface area contributed by atoms with Crippen LogP contribution in [0.4, 0.5) is 0 Å². The van der Waals surface area contributed by atoms with Gasteiger partial charge < -0.3 is 11.1 Å². The third kappa shape index (κ3) is 2.60. The number of pyridine rings is 1. The lowest BCUT2D eigenvalue weighted by Crippen LogP contribution is -2.37. The fourth-order valence-electron chi connectivity index (χ4n) is 2.58. The van der Waals surface area contributed by atoms with Crippen molar-refractivity contribution in [3.8, 4) is 0 Å². The molecule has 0 aromatic carbocycles. The van der Waals surface area contributed by atoms with E-state index in [-0.39, 0.29) is 0 Å². The molecule has 1 aromatic rings. The van der Waals surface area contributed by atoms with Gasteiger partial charge in [-0.1, -0.05) is 12.5 Å². The molecule has 1 aliphatic carbocycles. The van der Waals surface area contributed by atoms with Gasteiger partial charge in [0.1, 0.15) is 0 Å². The van der Waals surface area contributed by atoms with Crippen LogP contribution in [0.5, 0.6) is 0 Å². The second-order valence-corrected chi connectivity index (χ2v) is 4.68. The summed E-state index contributed by atoms with van der Waals surface area (Å²) >= 11 is 0. The van der Waals surface area contributed by atoms with Gasteiger partial charge in [0.25, 0.3) is 0 Å². The molecule has 0 aliphatic heterocycles. The van der Waals surface area contributed by atoms with Crippen LogP contribution in [0, 0.1) is 5.92 Å². The Labute approximate surface area is 97.5 Å². The molecule has 0 saturated heterocycles. The molecule has 3 N–H and O–H groups in total. The molecular formula is C13H21N3. The van der Waals surface area contributed by atoms with Crippen LogP contribution in [-0.4, -0.2) is 17.6 Å². The number of rotatable bonds is 4. The summed E-state index contributed by atoms with van der Waals surface area (Å²) < 4.78 is 0. The van der Waals surface area contributed by atoms with Crippen LogP contribution in [0.1, 0.15) is 37.9 Å². The number of aromatic nitrogens is 1. The number of nitrogens with zero attached hydrogens (tertiary/aromatic N) is 1. The lowest BCUT2D eigenvalue weighted by atomic mass is 10.0. The van der Waals surface area contributed by atoms with Crippen LogP contribution >= 0.6 is 0 Å². The fourth-order valence-corrected chi connectivity index (χ4v) is 2.58. The van der Waals surface area contributed by atoms with E-state index in [1.807, 2.05) is 18.3 Å². The SMILES string of the molecule is C[C@H](NC1CCCC1CN)c1ccccn1. The van der Waals surface area contributed by atoms with E-state index in [4.69, 9.17) is 5.73 Å². The van der Waals surface area contributed by atoms with E-state index in [1.54, 1.807) is 0 Å². The molecule has 2 rings (SSSR count). The first-order chi connectivity index (χ1) is 7.81. The van der Waals surface area contributed by atoms with Crippen molar-refractivity contribution < 1.29 is 0 Å². The zero-order valence-corrected chi connectivity index (χ0v) is 9.89. The summed E-state index contributed by atoms with van der Waals surface area (Å²) in [6, 6.07) is 6.95. The van der Waals surface area contributed by atoms with E-state index in [9.17, 15) is 0 Å². The Morgan fingerprint density at radius 1 is 1.50 bits per heavy atom. The lowest BCUT2D eigenvalue weighted by Gasteiger charge is -2.23. The summed E-state index contributed by atoms with van der Waals surface area (Å²) in [4.78, 5) is 4.38. The maximum Gasteiger partial charge on any atom is 0.0570 e. The van der Waals surface area contributed by atoms with Crippen molar-refractivity contribution in [3.05, 3.63) is 30.1 Å². The summed E-state index contributed by atoms with van der Waals surface area (Å²) in [6.45, 7) is 2.97. The van der Waals surface area contributed by atoms with Crippen molar-refractivity contribution in [1.29, 1.82) is 0 Å². The van der Waals surface area contributed by atoms with Gasteiger partial charge in [0, 0.05) is 18.3 Å². The molecule has 88 valence electrons. The molecule has 0 bridgehead atoms. The molecule has 3 heteroatoms. The van der Waals surface area contributed by atoms with Gasteiger partial charge in [-0.3, -0.25) is 4.98 Å². The Bertz CT molecular complexity index is 312. The van der Waals surface area contributed by atoms with Gasteiger partial charge >= 0.3 is 0 Å². The predicted molar refractivity (Wildman–Crippen MR) is 66.0 cm³/mol. The van der Waals surface area contributed by atoms with Gasteiger partial charge in [-0.15, -0.1) is 0 Å². The predicted octanol–water partition coefficient (Wildman–Crippen LogP) is 1.86. The van der Waals surface area contributed by atoms with Crippen LogP contribution < -0.4 is 11.1 Å². The Balaban J connectivity index is 1.94. The Morgan fingerprint density at radius 3 is 3.06 bits per heavy atom. The smallest absolute Gasteiger partial charge is 0.0570 e. The summed E-state index contributed by atoms with van der Waals surface area (Å²) in [5.74, 6) is 0.645. The van der Waals surface area contributed by atoms with Crippen LogP contribution in [0.15, 0.2) is 24.4 Å². The molecular weight excluding hydrogens is 198 g/mol. The van der Waals surface area contributed by atoms with E-state index in [0.29, 0.717) is 18.0 Å². The fraction of sp³-hybridized carbons (Fsp3) is 0.615. The minimum atomic E-state index is 0.318. The van der Waals surface area contributed by atoms with E-state index in [2.05, 4.69) is 23.3 Å². The molecule has 1 fully saturated rings. The molecule has 1 heterocycles. The molecule has 2 unspecified atom stereocenters. The van der Waals surface area contributed by atoms with Gasteiger partial charge in [0.15, 0.2) is 0 Å². The second-order valence-electron chi connectivity index (χ2n) is 4.68. The highest BCUT2D eigenvalue weighted by atomic mass is 15.0. The summed E-state index contributed by atoms with van der Waals surface area (Å²) in [5, 5.41) is 3.65. The third-order valence-corrected chi connectivity index (χ3v) is 3.56. The van der Waals surface area contributed by atoms with Crippen molar-refractivity contribution in [2.24, 2.45) is 11.7 Å². The quantitative estimate of drug-likeness (QED) is 0.812. The molecule has 0 spiro atoms.